The van der Waals surface area contributed by atoms with Gasteiger partial charge in [0.15, 0.2) is 0 Å². The zero-order valence-corrected chi connectivity index (χ0v) is 12.6. The number of thioether (sulfide) groups is 1. The smallest absolute Gasteiger partial charge is 0.101 e. The summed E-state index contributed by atoms with van der Waals surface area (Å²) < 4.78 is 0. The van der Waals surface area contributed by atoms with Crippen LogP contribution in [0.15, 0.2) is 47.6 Å². The predicted octanol–water partition coefficient (Wildman–Crippen LogP) is 4.31. The summed E-state index contributed by atoms with van der Waals surface area (Å²) in [6.07, 6.45) is 1.84. The Kier molecular flexibility index (Phi) is 5.25. The van der Waals surface area contributed by atoms with Gasteiger partial charge < -0.3 is 5.32 Å². The third-order valence-electron chi connectivity index (χ3n) is 2.99. The van der Waals surface area contributed by atoms with Crippen LogP contribution in [0.1, 0.15) is 24.1 Å². The Morgan fingerprint density at radius 2 is 2.00 bits per heavy atom. The van der Waals surface area contributed by atoms with Crippen molar-refractivity contribution in [3.05, 3.63) is 58.7 Å². The van der Waals surface area contributed by atoms with Crippen molar-refractivity contribution >= 4 is 23.4 Å². The number of nitrogens with zero attached hydrogens (tertiary/aromatic N) is 1. The van der Waals surface area contributed by atoms with Gasteiger partial charge in [0.1, 0.15) is 5.03 Å². The molecule has 0 aliphatic heterocycles. The van der Waals surface area contributed by atoms with Gasteiger partial charge >= 0.3 is 0 Å². The fraction of sp³-hybridized carbons (Fsp3) is 0.267. The maximum Gasteiger partial charge on any atom is 0.101 e. The minimum Gasteiger partial charge on any atom is -0.313 e. The first kappa shape index (κ1) is 14.4. The van der Waals surface area contributed by atoms with E-state index in [4.69, 9.17) is 11.6 Å². The van der Waals surface area contributed by atoms with Gasteiger partial charge in [0.2, 0.25) is 0 Å². The lowest BCUT2D eigenvalue weighted by Crippen LogP contribution is -2.13. The first-order valence-electron chi connectivity index (χ1n) is 6.20. The molecular weight excluding hydrogens is 276 g/mol. The molecule has 1 heterocycles. The summed E-state index contributed by atoms with van der Waals surface area (Å²) >= 11 is 7.64. The van der Waals surface area contributed by atoms with Crippen molar-refractivity contribution in [1.29, 1.82) is 0 Å². The van der Waals surface area contributed by atoms with Crippen LogP contribution < -0.4 is 5.32 Å². The van der Waals surface area contributed by atoms with Crippen molar-refractivity contribution in [2.75, 3.05) is 7.05 Å². The molecule has 100 valence electrons. The summed E-state index contributed by atoms with van der Waals surface area (Å²) in [4.78, 5) is 4.48. The molecule has 0 radical (unpaired) electrons. The monoisotopic (exact) mass is 292 g/mol. The van der Waals surface area contributed by atoms with E-state index in [1.165, 1.54) is 11.1 Å². The summed E-state index contributed by atoms with van der Waals surface area (Å²) in [5, 5.41) is 5.11. The number of nitrogens with one attached hydrogen (secondary N) is 1. The molecule has 1 aromatic carbocycles. The average molecular weight is 293 g/mol. The van der Waals surface area contributed by atoms with Gasteiger partial charge in [-0.05, 0) is 37.7 Å². The summed E-state index contributed by atoms with van der Waals surface area (Å²) in [6, 6.07) is 12.4. The van der Waals surface area contributed by atoms with E-state index < -0.39 is 0 Å². The lowest BCUT2D eigenvalue weighted by atomic mass is 10.1. The van der Waals surface area contributed by atoms with Crippen LogP contribution >= 0.6 is 23.4 Å². The lowest BCUT2D eigenvalue weighted by molar-refractivity contribution is 0.634. The standard InChI is InChI=1S/C15H17ClN2S/c1-11(17-2)14-4-3-9-18-15(14)19-10-12-5-7-13(16)8-6-12/h3-9,11,17H,10H2,1-2H3. The van der Waals surface area contributed by atoms with E-state index in [-0.39, 0.29) is 0 Å². The Hall–Kier alpha value is -1.03. The second kappa shape index (κ2) is 6.94. The summed E-state index contributed by atoms with van der Waals surface area (Å²) in [5.74, 6) is 0.900. The van der Waals surface area contributed by atoms with Gasteiger partial charge in [0, 0.05) is 28.6 Å². The highest BCUT2D eigenvalue weighted by Crippen LogP contribution is 2.28. The van der Waals surface area contributed by atoms with E-state index in [0.29, 0.717) is 6.04 Å². The van der Waals surface area contributed by atoms with Crippen LogP contribution in [0.5, 0.6) is 0 Å². The molecule has 4 heteroatoms. The maximum absolute atomic E-state index is 5.89. The summed E-state index contributed by atoms with van der Waals surface area (Å²) in [6.45, 7) is 2.14. The van der Waals surface area contributed by atoms with Gasteiger partial charge in [-0.15, -0.1) is 11.8 Å². The van der Waals surface area contributed by atoms with Gasteiger partial charge in [-0.25, -0.2) is 4.98 Å². The second-order valence-electron chi connectivity index (χ2n) is 4.32. The van der Waals surface area contributed by atoms with Crippen molar-refractivity contribution in [2.24, 2.45) is 0 Å². The molecule has 0 fully saturated rings. The van der Waals surface area contributed by atoms with Gasteiger partial charge in [0.25, 0.3) is 0 Å². The first-order chi connectivity index (χ1) is 9.20. The van der Waals surface area contributed by atoms with Crippen LogP contribution in [0, 0.1) is 0 Å². The van der Waals surface area contributed by atoms with Gasteiger partial charge in [0.05, 0.1) is 0 Å². The number of rotatable bonds is 5. The second-order valence-corrected chi connectivity index (χ2v) is 5.72. The van der Waals surface area contributed by atoms with Crippen molar-refractivity contribution in [3.8, 4) is 0 Å². The van der Waals surface area contributed by atoms with Gasteiger partial charge in [-0.2, -0.15) is 0 Å². The number of benzene rings is 1. The van der Waals surface area contributed by atoms with E-state index in [0.717, 1.165) is 15.8 Å². The number of hydrogen-bond acceptors (Lipinski definition) is 3. The molecule has 0 aliphatic carbocycles. The molecule has 2 rings (SSSR count). The molecule has 0 saturated heterocycles. The van der Waals surface area contributed by atoms with E-state index >= 15 is 0 Å². The number of hydrogen-bond donors (Lipinski definition) is 1. The van der Waals surface area contributed by atoms with Gasteiger partial charge in [-0.3, -0.25) is 0 Å². The average Bonchev–Trinajstić information content (AvgIpc) is 2.46. The van der Waals surface area contributed by atoms with E-state index in [9.17, 15) is 0 Å². The van der Waals surface area contributed by atoms with Crippen molar-refractivity contribution in [3.63, 3.8) is 0 Å². The molecule has 0 bridgehead atoms. The fourth-order valence-electron chi connectivity index (χ4n) is 1.74. The molecule has 1 N–H and O–H groups in total. The van der Waals surface area contributed by atoms with Crippen LogP contribution in [0.3, 0.4) is 0 Å². The van der Waals surface area contributed by atoms with Crippen LogP contribution in [0.2, 0.25) is 5.02 Å². The summed E-state index contributed by atoms with van der Waals surface area (Å²) in [7, 11) is 1.96. The van der Waals surface area contributed by atoms with E-state index in [1.807, 2.05) is 31.4 Å². The SMILES string of the molecule is CNC(C)c1cccnc1SCc1ccc(Cl)cc1. The molecule has 19 heavy (non-hydrogen) atoms. The highest BCUT2D eigenvalue weighted by molar-refractivity contribution is 7.98. The molecule has 1 unspecified atom stereocenters. The van der Waals surface area contributed by atoms with Gasteiger partial charge in [-0.1, -0.05) is 29.8 Å². The first-order valence-corrected chi connectivity index (χ1v) is 7.56. The third-order valence-corrected chi connectivity index (χ3v) is 4.33. The predicted molar refractivity (Wildman–Crippen MR) is 82.7 cm³/mol. The third kappa shape index (κ3) is 3.96. The Morgan fingerprint density at radius 1 is 1.26 bits per heavy atom. The highest BCUT2D eigenvalue weighted by Gasteiger charge is 2.10. The molecular formula is C15H17ClN2S. The largest absolute Gasteiger partial charge is 0.313 e. The van der Waals surface area contributed by atoms with E-state index in [1.54, 1.807) is 11.8 Å². The van der Waals surface area contributed by atoms with E-state index in [2.05, 4.69) is 35.4 Å². The summed E-state index contributed by atoms with van der Waals surface area (Å²) in [5.41, 5.74) is 2.49. The number of pyridine rings is 1. The molecule has 0 saturated carbocycles. The number of aromatic nitrogens is 1. The number of halogens is 1. The van der Waals surface area contributed by atoms with Crippen LogP contribution in [-0.4, -0.2) is 12.0 Å². The molecule has 0 amide bonds. The van der Waals surface area contributed by atoms with Crippen molar-refractivity contribution < 1.29 is 0 Å². The molecule has 2 aromatic rings. The van der Waals surface area contributed by atoms with Crippen LogP contribution in [0.25, 0.3) is 0 Å². The fourth-order valence-corrected chi connectivity index (χ4v) is 2.91. The minimum atomic E-state index is 0.307. The molecule has 2 nitrogen and oxygen atoms in total. The molecule has 1 aromatic heterocycles. The molecule has 0 spiro atoms. The Balaban J connectivity index is 2.09. The van der Waals surface area contributed by atoms with Crippen molar-refractivity contribution in [2.45, 2.75) is 23.7 Å². The topological polar surface area (TPSA) is 24.9 Å². The lowest BCUT2D eigenvalue weighted by Gasteiger charge is -2.14. The van der Waals surface area contributed by atoms with Crippen molar-refractivity contribution in [1.82, 2.24) is 10.3 Å². The Morgan fingerprint density at radius 3 is 2.68 bits per heavy atom. The molecule has 0 aliphatic rings. The Bertz CT molecular complexity index is 528. The zero-order chi connectivity index (χ0) is 13.7. The Labute approximate surface area is 123 Å². The molecule has 1 atom stereocenters. The highest BCUT2D eigenvalue weighted by atomic mass is 35.5. The quantitative estimate of drug-likeness (QED) is 0.831. The zero-order valence-electron chi connectivity index (χ0n) is 11.1. The van der Waals surface area contributed by atoms with Crippen LogP contribution in [-0.2, 0) is 5.75 Å². The normalized spacial score (nSPS) is 12.4. The van der Waals surface area contributed by atoms with Crippen LogP contribution in [0.4, 0.5) is 0 Å². The maximum atomic E-state index is 5.89. The minimum absolute atomic E-state index is 0.307.